The van der Waals surface area contributed by atoms with Gasteiger partial charge in [0.25, 0.3) is 0 Å². The van der Waals surface area contributed by atoms with Crippen molar-refractivity contribution in [2.45, 2.75) is 13.8 Å². The first-order valence-electron chi connectivity index (χ1n) is 2.88. The number of rotatable bonds is 4. The van der Waals surface area contributed by atoms with Crippen molar-refractivity contribution in [3.63, 3.8) is 0 Å². The van der Waals surface area contributed by atoms with E-state index in [-0.39, 0.29) is 0 Å². The van der Waals surface area contributed by atoms with Crippen LogP contribution in [0, 0.1) is 0 Å². The minimum atomic E-state index is 0.539. The molecule has 0 bridgehead atoms. The Balaban J connectivity index is 3.07. The van der Waals surface area contributed by atoms with Crippen molar-refractivity contribution in [3.8, 4) is 0 Å². The average Bonchev–Trinajstić information content (AvgIpc) is 1.83. The highest BCUT2D eigenvalue weighted by atomic mass is 31.1. The zero-order chi connectivity index (χ0) is 6.41. The molecule has 0 aliphatic heterocycles. The summed E-state index contributed by atoms with van der Waals surface area (Å²) in [5.74, 6) is 0. The van der Waals surface area contributed by atoms with Crippen molar-refractivity contribution in [2.75, 3.05) is 20.2 Å². The van der Waals surface area contributed by atoms with Gasteiger partial charge in [0, 0.05) is 20.2 Å². The summed E-state index contributed by atoms with van der Waals surface area (Å²) < 4.78 is 7.18. The van der Waals surface area contributed by atoms with Crippen LogP contribution in [-0.4, -0.2) is 24.9 Å². The Labute approximate surface area is 53.1 Å². The van der Waals surface area contributed by atoms with E-state index in [2.05, 4.69) is 18.5 Å². The predicted molar refractivity (Wildman–Crippen MR) is 38.2 cm³/mol. The summed E-state index contributed by atoms with van der Waals surface area (Å²) in [6.07, 6.45) is 0. The summed E-state index contributed by atoms with van der Waals surface area (Å²) in [7, 11) is 2.27. The van der Waals surface area contributed by atoms with Crippen molar-refractivity contribution < 1.29 is 4.52 Å². The molecule has 1 atom stereocenters. The van der Waals surface area contributed by atoms with Crippen molar-refractivity contribution in [1.82, 2.24) is 4.67 Å². The first-order chi connectivity index (χ1) is 3.85. The van der Waals surface area contributed by atoms with Crippen LogP contribution in [0.4, 0.5) is 0 Å². The molecule has 3 heteroatoms. The third kappa shape index (κ3) is 3.36. The number of hydrogen-bond acceptors (Lipinski definition) is 2. The summed E-state index contributed by atoms with van der Waals surface area (Å²) in [4.78, 5) is 0. The average molecular weight is 135 g/mol. The summed E-state index contributed by atoms with van der Waals surface area (Å²) in [6, 6.07) is 0. The number of nitrogens with zero attached hydrogens (tertiary/aromatic N) is 1. The van der Waals surface area contributed by atoms with Gasteiger partial charge in [-0.3, -0.25) is 4.67 Å². The fourth-order valence-electron chi connectivity index (χ4n) is 0.482. The van der Waals surface area contributed by atoms with Crippen LogP contribution in [0.2, 0.25) is 0 Å². The maximum atomic E-state index is 4.94. The summed E-state index contributed by atoms with van der Waals surface area (Å²) in [6.45, 7) is 6.44. The monoisotopic (exact) mass is 135 g/mol. The summed E-state index contributed by atoms with van der Waals surface area (Å²) >= 11 is 0. The van der Waals surface area contributed by atoms with Crippen LogP contribution in [0.3, 0.4) is 0 Å². The van der Waals surface area contributed by atoms with E-state index >= 15 is 0 Å². The second-order valence-corrected chi connectivity index (χ2v) is 2.69. The highest BCUT2D eigenvalue weighted by Crippen LogP contribution is 2.15. The van der Waals surface area contributed by atoms with Gasteiger partial charge in [0.15, 0.2) is 0 Å². The molecule has 50 valence electrons. The van der Waals surface area contributed by atoms with E-state index in [1.54, 1.807) is 7.11 Å². The molecule has 0 aromatic heterocycles. The molecule has 0 amide bonds. The van der Waals surface area contributed by atoms with Gasteiger partial charge in [-0.05, 0) is 0 Å². The van der Waals surface area contributed by atoms with E-state index in [0.29, 0.717) is 8.96 Å². The highest BCUT2D eigenvalue weighted by molar-refractivity contribution is 7.29. The van der Waals surface area contributed by atoms with Gasteiger partial charge in [-0.2, -0.15) is 0 Å². The SMILES string of the molecule is CCN(CC)POC. The van der Waals surface area contributed by atoms with Gasteiger partial charge in [-0.15, -0.1) is 0 Å². The highest BCUT2D eigenvalue weighted by Gasteiger charge is 1.93. The van der Waals surface area contributed by atoms with Crippen LogP contribution in [-0.2, 0) is 4.52 Å². The third-order valence-corrected chi connectivity index (χ3v) is 2.06. The maximum Gasteiger partial charge on any atom is 0.0884 e. The molecule has 0 aromatic carbocycles. The van der Waals surface area contributed by atoms with Crippen molar-refractivity contribution in [3.05, 3.63) is 0 Å². The molecule has 0 aliphatic rings. The van der Waals surface area contributed by atoms with Gasteiger partial charge < -0.3 is 4.52 Å². The normalized spacial score (nSPS) is 12.0. The van der Waals surface area contributed by atoms with E-state index in [1.807, 2.05) is 0 Å². The van der Waals surface area contributed by atoms with Crippen molar-refractivity contribution in [2.24, 2.45) is 0 Å². The maximum absolute atomic E-state index is 4.94. The Morgan fingerprint density at radius 3 is 2.00 bits per heavy atom. The molecule has 0 saturated carbocycles. The molecular weight excluding hydrogens is 121 g/mol. The molecule has 8 heavy (non-hydrogen) atoms. The molecule has 0 aliphatic carbocycles. The molecule has 0 saturated heterocycles. The lowest BCUT2D eigenvalue weighted by atomic mass is 10.7. The molecule has 0 aromatic rings. The van der Waals surface area contributed by atoms with Crippen molar-refractivity contribution >= 4 is 8.96 Å². The summed E-state index contributed by atoms with van der Waals surface area (Å²) in [5, 5.41) is 0. The van der Waals surface area contributed by atoms with Crippen LogP contribution in [0.5, 0.6) is 0 Å². The number of hydrogen-bond donors (Lipinski definition) is 0. The molecule has 0 spiro atoms. The largest absolute Gasteiger partial charge is 0.349 e. The van der Waals surface area contributed by atoms with E-state index in [1.165, 1.54) is 0 Å². The van der Waals surface area contributed by atoms with Crippen LogP contribution < -0.4 is 0 Å². The lowest BCUT2D eigenvalue weighted by molar-refractivity contribution is 0.401. The molecule has 2 nitrogen and oxygen atoms in total. The predicted octanol–water partition coefficient (Wildman–Crippen LogP) is 1.48. The minimum absolute atomic E-state index is 0.539. The molecular formula is C5H14NOP. The van der Waals surface area contributed by atoms with E-state index in [4.69, 9.17) is 4.52 Å². The van der Waals surface area contributed by atoms with Crippen LogP contribution in [0.15, 0.2) is 0 Å². The first-order valence-corrected chi connectivity index (χ1v) is 3.74. The van der Waals surface area contributed by atoms with Crippen LogP contribution in [0.1, 0.15) is 13.8 Å². The Kier molecular flexibility index (Phi) is 5.73. The molecule has 0 rings (SSSR count). The fourth-order valence-corrected chi connectivity index (χ4v) is 0.998. The smallest absolute Gasteiger partial charge is 0.0884 e. The molecule has 1 unspecified atom stereocenters. The minimum Gasteiger partial charge on any atom is -0.349 e. The molecule has 0 fully saturated rings. The van der Waals surface area contributed by atoms with E-state index < -0.39 is 0 Å². The zero-order valence-corrected chi connectivity index (χ0v) is 6.77. The lowest BCUT2D eigenvalue weighted by Gasteiger charge is -2.14. The Morgan fingerprint density at radius 2 is 1.88 bits per heavy atom. The van der Waals surface area contributed by atoms with E-state index in [0.717, 1.165) is 13.1 Å². The molecule has 0 N–H and O–H groups in total. The molecule has 0 radical (unpaired) electrons. The van der Waals surface area contributed by atoms with Gasteiger partial charge >= 0.3 is 0 Å². The Bertz CT molecular complexity index is 47.7. The lowest BCUT2D eigenvalue weighted by Crippen LogP contribution is -2.11. The van der Waals surface area contributed by atoms with Gasteiger partial charge in [0.2, 0.25) is 0 Å². The Morgan fingerprint density at radius 1 is 1.38 bits per heavy atom. The molecule has 0 heterocycles. The standard InChI is InChI=1S/C5H14NOP/c1-4-6(5-2)8-7-3/h8H,4-5H2,1-3H3. The fraction of sp³-hybridized carbons (Fsp3) is 1.00. The summed E-state index contributed by atoms with van der Waals surface area (Å²) in [5.41, 5.74) is 0. The van der Waals surface area contributed by atoms with Crippen LogP contribution in [0.25, 0.3) is 0 Å². The van der Waals surface area contributed by atoms with Gasteiger partial charge in [-0.1, -0.05) is 13.8 Å². The quantitative estimate of drug-likeness (QED) is 0.541. The Hall–Kier alpha value is 0.350. The van der Waals surface area contributed by atoms with Gasteiger partial charge in [-0.25, -0.2) is 0 Å². The second kappa shape index (κ2) is 5.49. The van der Waals surface area contributed by atoms with Crippen LogP contribution >= 0.6 is 8.96 Å². The first kappa shape index (κ1) is 8.35. The second-order valence-electron chi connectivity index (χ2n) is 1.47. The zero-order valence-electron chi connectivity index (χ0n) is 5.77. The van der Waals surface area contributed by atoms with Gasteiger partial charge in [0.05, 0.1) is 8.96 Å². The third-order valence-electron chi connectivity index (χ3n) is 0.984. The van der Waals surface area contributed by atoms with Crippen molar-refractivity contribution in [1.29, 1.82) is 0 Å². The topological polar surface area (TPSA) is 12.5 Å². The van der Waals surface area contributed by atoms with Gasteiger partial charge in [0.1, 0.15) is 0 Å². The van der Waals surface area contributed by atoms with E-state index in [9.17, 15) is 0 Å².